The normalized spacial score (nSPS) is 16.2. The minimum Gasteiger partial charge on any atom is -0.481 e. The molecule has 32 heavy (non-hydrogen) atoms. The Balaban J connectivity index is 1.52. The molecule has 1 unspecified atom stereocenters. The minimum atomic E-state index is -3.64. The largest absolute Gasteiger partial charge is 0.481 e. The zero-order chi connectivity index (χ0) is 23.3. The van der Waals surface area contributed by atoms with Crippen molar-refractivity contribution in [2.45, 2.75) is 50.7 Å². The third kappa shape index (κ3) is 6.08. The van der Waals surface area contributed by atoms with Gasteiger partial charge in [-0.1, -0.05) is 12.1 Å². The number of sulfonamides is 1. The van der Waals surface area contributed by atoms with Crippen LogP contribution in [0, 0.1) is 6.92 Å². The molecule has 2 amide bonds. The van der Waals surface area contributed by atoms with Gasteiger partial charge in [0.2, 0.25) is 15.9 Å². The molecule has 9 heteroatoms. The van der Waals surface area contributed by atoms with E-state index in [0.717, 1.165) is 5.56 Å². The molecule has 1 atom stereocenters. The molecule has 172 valence electrons. The van der Waals surface area contributed by atoms with Crippen molar-refractivity contribution >= 4 is 27.5 Å². The first kappa shape index (κ1) is 23.7. The number of aryl methyl sites for hydroxylation is 1. The predicted molar refractivity (Wildman–Crippen MR) is 122 cm³/mol. The lowest BCUT2D eigenvalue weighted by atomic mass is 10.1. The smallest absolute Gasteiger partial charge is 0.260 e. The zero-order valence-corrected chi connectivity index (χ0v) is 19.3. The van der Waals surface area contributed by atoms with Crippen molar-refractivity contribution in [1.82, 2.24) is 9.62 Å². The van der Waals surface area contributed by atoms with Crippen LogP contribution in [-0.4, -0.2) is 49.8 Å². The van der Waals surface area contributed by atoms with E-state index in [1.54, 1.807) is 19.1 Å². The van der Waals surface area contributed by atoms with E-state index in [0.29, 0.717) is 37.4 Å². The molecular formula is C23H29N3O5S. The monoisotopic (exact) mass is 459 g/mol. The van der Waals surface area contributed by atoms with E-state index in [1.807, 2.05) is 31.2 Å². The summed E-state index contributed by atoms with van der Waals surface area (Å²) < 4.78 is 33.0. The van der Waals surface area contributed by atoms with Crippen LogP contribution >= 0.6 is 0 Å². The summed E-state index contributed by atoms with van der Waals surface area (Å²) in [6.45, 7) is 5.67. The number of nitrogens with one attached hydrogen (secondary N) is 2. The van der Waals surface area contributed by atoms with Gasteiger partial charge in [-0.2, -0.15) is 4.31 Å². The molecule has 0 aliphatic carbocycles. The van der Waals surface area contributed by atoms with Crippen molar-refractivity contribution in [3.63, 3.8) is 0 Å². The highest BCUT2D eigenvalue weighted by Gasteiger charge is 2.30. The Morgan fingerprint density at radius 2 is 1.75 bits per heavy atom. The number of nitrogens with zero attached hydrogens (tertiary/aromatic N) is 1. The number of hydrogen-bond acceptors (Lipinski definition) is 5. The Morgan fingerprint density at radius 3 is 2.34 bits per heavy atom. The van der Waals surface area contributed by atoms with Gasteiger partial charge in [0.05, 0.1) is 4.90 Å². The lowest BCUT2D eigenvalue weighted by Crippen LogP contribution is -2.49. The van der Waals surface area contributed by atoms with Gasteiger partial charge in [-0.05, 0) is 68.7 Å². The van der Waals surface area contributed by atoms with Gasteiger partial charge < -0.3 is 15.4 Å². The first-order valence-electron chi connectivity index (χ1n) is 10.6. The standard InChI is InChI=1S/C23H29N3O5S/c1-16-5-4-6-21(15-16)31-17(2)23(28)25-20-11-13-26(14-12-20)32(29,30)22-9-7-19(8-10-22)24-18(3)27/h4-10,15,17,20H,11-14H2,1-3H3,(H,24,27)(H,25,28). The van der Waals surface area contributed by atoms with E-state index < -0.39 is 16.1 Å². The summed E-state index contributed by atoms with van der Waals surface area (Å²) in [7, 11) is -3.64. The van der Waals surface area contributed by atoms with Crippen LogP contribution in [0.3, 0.4) is 0 Å². The highest BCUT2D eigenvalue weighted by Crippen LogP contribution is 2.22. The van der Waals surface area contributed by atoms with Gasteiger partial charge in [0, 0.05) is 31.7 Å². The molecule has 1 fully saturated rings. The van der Waals surface area contributed by atoms with Crippen molar-refractivity contribution in [3.05, 3.63) is 54.1 Å². The highest BCUT2D eigenvalue weighted by atomic mass is 32.2. The SMILES string of the molecule is CC(=O)Nc1ccc(S(=O)(=O)N2CCC(NC(=O)C(C)Oc3cccc(C)c3)CC2)cc1. The summed E-state index contributed by atoms with van der Waals surface area (Å²) in [6, 6.07) is 13.5. The van der Waals surface area contributed by atoms with Crippen LogP contribution in [0.2, 0.25) is 0 Å². The van der Waals surface area contributed by atoms with Crippen molar-refractivity contribution in [1.29, 1.82) is 0 Å². The van der Waals surface area contributed by atoms with E-state index in [-0.39, 0.29) is 22.8 Å². The van der Waals surface area contributed by atoms with Crippen molar-refractivity contribution in [2.24, 2.45) is 0 Å². The lowest BCUT2D eigenvalue weighted by molar-refractivity contribution is -0.128. The number of hydrogen-bond donors (Lipinski definition) is 2. The molecule has 1 aliphatic heterocycles. The van der Waals surface area contributed by atoms with Crippen LogP contribution in [0.25, 0.3) is 0 Å². The van der Waals surface area contributed by atoms with Crippen LogP contribution in [0.5, 0.6) is 5.75 Å². The fourth-order valence-corrected chi connectivity index (χ4v) is 5.04. The Morgan fingerprint density at radius 1 is 1.09 bits per heavy atom. The number of piperidine rings is 1. The third-order valence-corrected chi connectivity index (χ3v) is 7.20. The summed E-state index contributed by atoms with van der Waals surface area (Å²) in [5.74, 6) is 0.197. The fraction of sp³-hybridized carbons (Fsp3) is 0.391. The number of benzene rings is 2. The van der Waals surface area contributed by atoms with E-state index in [9.17, 15) is 18.0 Å². The van der Waals surface area contributed by atoms with Gasteiger partial charge in [-0.3, -0.25) is 9.59 Å². The molecule has 0 radical (unpaired) electrons. The first-order chi connectivity index (χ1) is 15.1. The van der Waals surface area contributed by atoms with Gasteiger partial charge in [-0.25, -0.2) is 8.42 Å². The van der Waals surface area contributed by atoms with Crippen molar-refractivity contribution in [3.8, 4) is 5.75 Å². The molecule has 2 aromatic carbocycles. The Bertz CT molecular complexity index is 1060. The Labute approximate surface area is 189 Å². The maximum absolute atomic E-state index is 12.9. The van der Waals surface area contributed by atoms with Gasteiger partial charge in [-0.15, -0.1) is 0 Å². The summed E-state index contributed by atoms with van der Waals surface area (Å²) in [6.07, 6.45) is 0.388. The second kappa shape index (κ2) is 10.1. The fourth-order valence-electron chi connectivity index (χ4n) is 3.57. The summed E-state index contributed by atoms with van der Waals surface area (Å²) in [5.41, 5.74) is 1.59. The molecule has 0 aromatic heterocycles. The second-order valence-electron chi connectivity index (χ2n) is 7.97. The number of anilines is 1. The van der Waals surface area contributed by atoms with Crippen LogP contribution in [0.4, 0.5) is 5.69 Å². The average molecular weight is 460 g/mol. The number of carbonyl (C=O) groups is 2. The maximum Gasteiger partial charge on any atom is 0.260 e. The molecule has 2 N–H and O–H groups in total. The Kier molecular flexibility index (Phi) is 7.52. The van der Waals surface area contributed by atoms with Crippen LogP contribution in [0.1, 0.15) is 32.3 Å². The summed E-state index contributed by atoms with van der Waals surface area (Å²) in [4.78, 5) is 23.8. The molecule has 1 aliphatic rings. The summed E-state index contributed by atoms with van der Waals surface area (Å²) >= 11 is 0. The van der Waals surface area contributed by atoms with Crippen LogP contribution in [0.15, 0.2) is 53.4 Å². The average Bonchev–Trinajstić information content (AvgIpc) is 2.74. The molecule has 3 rings (SSSR count). The number of ether oxygens (including phenoxy) is 1. The number of amides is 2. The molecular weight excluding hydrogens is 430 g/mol. The molecule has 2 aromatic rings. The third-order valence-electron chi connectivity index (χ3n) is 5.28. The van der Waals surface area contributed by atoms with Crippen LogP contribution in [-0.2, 0) is 19.6 Å². The van der Waals surface area contributed by atoms with E-state index >= 15 is 0 Å². The molecule has 1 saturated heterocycles. The van der Waals surface area contributed by atoms with Crippen molar-refractivity contribution in [2.75, 3.05) is 18.4 Å². The van der Waals surface area contributed by atoms with E-state index in [4.69, 9.17) is 4.74 Å². The van der Waals surface area contributed by atoms with E-state index in [2.05, 4.69) is 10.6 Å². The number of rotatable bonds is 7. The van der Waals surface area contributed by atoms with E-state index in [1.165, 1.54) is 23.4 Å². The number of carbonyl (C=O) groups excluding carboxylic acids is 2. The minimum absolute atomic E-state index is 0.111. The summed E-state index contributed by atoms with van der Waals surface area (Å²) in [5, 5.41) is 5.58. The van der Waals surface area contributed by atoms with Gasteiger partial charge in [0.25, 0.3) is 5.91 Å². The molecule has 0 saturated carbocycles. The van der Waals surface area contributed by atoms with Gasteiger partial charge in [0.15, 0.2) is 6.10 Å². The zero-order valence-electron chi connectivity index (χ0n) is 18.5. The lowest BCUT2D eigenvalue weighted by Gasteiger charge is -2.32. The van der Waals surface area contributed by atoms with Crippen LogP contribution < -0.4 is 15.4 Å². The maximum atomic E-state index is 12.9. The molecule has 0 spiro atoms. The molecule has 1 heterocycles. The second-order valence-corrected chi connectivity index (χ2v) is 9.91. The topological polar surface area (TPSA) is 105 Å². The van der Waals surface area contributed by atoms with Gasteiger partial charge in [0.1, 0.15) is 5.75 Å². The molecule has 0 bridgehead atoms. The molecule has 8 nitrogen and oxygen atoms in total. The van der Waals surface area contributed by atoms with Gasteiger partial charge >= 0.3 is 0 Å². The first-order valence-corrected chi connectivity index (χ1v) is 12.0. The quantitative estimate of drug-likeness (QED) is 0.662. The van der Waals surface area contributed by atoms with Crippen molar-refractivity contribution < 1.29 is 22.7 Å². The predicted octanol–water partition coefficient (Wildman–Crippen LogP) is 2.69. The highest BCUT2D eigenvalue weighted by molar-refractivity contribution is 7.89. The Hall–Kier alpha value is -2.91.